The Morgan fingerprint density at radius 1 is 1.03 bits per heavy atom. The van der Waals surface area contributed by atoms with Crippen LogP contribution in [0, 0.1) is 0 Å². The van der Waals surface area contributed by atoms with Gasteiger partial charge in [0.25, 0.3) is 5.91 Å². The number of nitrogens with two attached hydrogens (primary N) is 1. The molecule has 1 amide bonds. The highest BCUT2D eigenvalue weighted by Gasteiger charge is 2.51. The molecule has 4 aliphatic rings. The molecule has 0 spiro atoms. The summed E-state index contributed by atoms with van der Waals surface area (Å²) in [5, 5.41) is 0. The van der Waals surface area contributed by atoms with Gasteiger partial charge in [0.1, 0.15) is 17.3 Å². The minimum atomic E-state index is -1.34. The highest BCUT2D eigenvalue weighted by Crippen LogP contribution is 2.56. The summed E-state index contributed by atoms with van der Waals surface area (Å²) in [5.74, 6) is 1.50. The molecule has 2 aromatic heterocycles. The number of carbonyl (C=O) groups is 1. The first-order valence-corrected chi connectivity index (χ1v) is 13.1. The van der Waals surface area contributed by atoms with Crippen LogP contribution in [0.5, 0.6) is 0 Å². The van der Waals surface area contributed by atoms with Crippen LogP contribution in [0.3, 0.4) is 0 Å². The lowest BCUT2D eigenvalue weighted by Crippen LogP contribution is -2.44. The Balaban J connectivity index is 1.29. The van der Waals surface area contributed by atoms with Crippen molar-refractivity contribution in [3.63, 3.8) is 0 Å². The molecule has 2 bridgehead atoms. The van der Waals surface area contributed by atoms with Crippen LogP contribution in [0.15, 0.2) is 48.8 Å². The summed E-state index contributed by atoms with van der Waals surface area (Å²) < 4.78 is 17.8. The number of hydrogen-bond acceptors (Lipinski definition) is 5. The summed E-state index contributed by atoms with van der Waals surface area (Å²) in [6, 6.07) is 11.4. The van der Waals surface area contributed by atoms with E-state index in [-0.39, 0.29) is 18.0 Å². The predicted molar refractivity (Wildman–Crippen MR) is 137 cm³/mol. The fraction of sp³-hybridized carbons (Fsp3) is 0.379. The molecule has 0 radical (unpaired) electrons. The molecule has 0 unspecified atom stereocenters. The number of imidazole rings is 1. The van der Waals surface area contributed by atoms with Gasteiger partial charge in [0.15, 0.2) is 0 Å². The summed E-state index contributed by atoms with van der Waals surface area (Å²) in [5.41, 5.74) is 10.5. The zero-order valence-electron chi connectivity index (χ0n) is 20.6. The molecule has 2 atom stereocenters. The number of rotatable bonds is 3. The van der Waals surface area contributed by atoms with E-state index in [1.807, 2.05) is 49.8 Å². The van der Waals surface area contributed by atoms with Crippen LogP contribution >= 0.6 is 0 Å². The smallest absolute Gasteiger partial charge is 0.254 e. The molecule has 0 saturated heterocycles. The Hall–Kier alpha value is -3.65. The van der Waals surface area contributed by atoms with Gasteiger partial charge in [-0.15, -0.1) is 0 Å². The summed E-state index contributed by atoms with van der Waals surface area (Å²) in [6.45, 7) is 0. The van der Waals surface area contributed by atoms with Crippen molar-refractivity contribution in [1.29, 1.82) is 0 Å². The van der Waals surface area contributed by atoms with E-state index in [9.17, 15) is 4.79 Å². The van der Waals surface area contributed by atoms with Gasteiger partial charge in [0.2, 0.25) is 0 Å². The Morgan fingerprint density at radius 3 is 2.51 bits per heavy atom. The van der Waals surface area contributed by atoms with E-state index >= 15 is 4.39 Å². The normalized spacial score (nSPS) is 24.4. The fourth-order valence-electron chi connectivity index (χ4n) is 6.58. The number of hydrogen-bond donors (Lipinski definition) is 1. The molecule has 37 heavy (non-hydrogen) atoms. The second-order valence-corrected chi connectivity index (χ2v) is 11.3. The van der Waals surface area contributed by atoms with Gasteiger partial charge in [-0.1, -0.05) is 18.2 Å². The first-order chi connectivity index (χ1) is 17.9. The van der Waals surface area contributed by atoms with Crippen molar-refractivity contribution < 1.29 is 9.18 Å². The number of amides is 1. The lowest BCUT2D eigenvalue weighted by molar-refractivity contribution is 0.0734. The van der Waals surface area contributed by atoms with E-state index in [0.717, 1.165) is 52.8 Å². The zero-order valence-corrected chi connectivity index (χ0v) is 20.6. The number of fused-ring (bicyclic) bond motifs is 9. The van der Waals surface area contributed by atoms with Gasteiger partial charge in [0.05, 0.1) is 28.7 Å². The molecule has 4 aromatic rings. The number of benzene rings is 2. The van der Waals surface area contributed by atoms with Crippen LogP contribution < -0.4 is 5.73 Å². The summed E-state index contributed by atoms with van der Waals surface area (Å²) in [6.07, 6.45) is 8.36. The molecule has 2 aliphatic heterocycles. The van der Waals surface area contributed by atoms with Gasteiger partial charge in [0, 0.05) is 37.0 Å². The standard InChI is InChI=1S/C29H27FN6O/c1-35-23-13-22(24-18(26(35)37)4-2-5-19(24)28(30)10-11-28)36-21-12-16(6-7-20(21)34-25(23)36)17-14-32-27(33-15-17)29(31)8-3-9-29/h2,4-7,12,14-15,22-23H,3,8-11,13,31H2,1H3/t22-,23+/m1/s1. The zero-order chi connectivity index (χ0) is 25.1. The minimum Gasteiger partial charge on any atom is -0.331 e. The number of alkyl halides is 1. The Morgan fingerprint density at radius 2 is 1.81 bits per heavy atom. The maximum atomic E-state index is 15.6. The molecule has 7 nitrogen and oxygen atoms in total. The van der Waals surface area contributed by atoms with Crippen molar-refractivity contribution in [2.45, 2.75) is 61.8 Å². The van der Waals surface area contributed by atoms with Crippen LogP contribution in [0.4, 0.5) is 4.39 Å². The first-order valence-electron chi connectivity index (χ1n) is 13.1. The summed E-state index contributed by atoms with van der Waals surface area (Å²) in [7, 11) is 1.83. The molecule has 8 rings (SSSR count). The second kappa shape index (κ2) is 7.01. The summed E-state index contributed by atoms with van der Waals surface area (Å²) >= 11 is 0. The molecule has 2 N–H and O–H groups in total. The number of aromatic nitrogens is 4. The average molecular weight is 495 g/mol. The van der Waals surface area contributed by atoms with Gasteiger partial charge >= 0.3 is 0 Å². The van der Waals surface area contributed by atoms with Crippen molar-refractivity contribution in [3.8, 4) is 11.1 Å². The van der Waals surface area contributed by atoms with Crippen LogP contribution in [-0.4, -0.2) is 37.4 Å². The monoisotopic (exact) mass is 494 g/mol. The molecule has 2 fully saturated rings. The fourth-order valence-corrected chi connectivity index (χ4v) is 6.58. The van der Waals surface area contributed by atoms with Crippen molar-refractivity contribution >= 4 is 16.9 Å². The van der Waals surface area contributed by atoms with Crippen LogP contribution in [0.2, 0.25) is 0 Å². The van der Waals surface area contributed by atoms with Gasteiger partial charge in [-0.05, 0) is 67.0 Å². The molecule has 4 heterocycles. The third-order valence-corrected chi connectivity index (χ3v) is 9.08. The lowest BCUT2D eigenvalue weighted by Gasteiger charge is -2.36. The van der Waals surface area contributed by atoms with Gasteiger partial charge in [-0.25, -0.2) is 19.3 Å². The third kappa shape index (κ3) is 2.84. The Kier molecular flexibility index (Phi) is 4.06. The average Bonchev–Trinajstić information content (AvgIpc) is 3.42. The second-order valence-electron chi connectivity index (χ2n) is 11.3. The SMILES string of the molecule is CN1C(=O)c2cccc(C3(F)CC3)c2[C@H]2C[C@H]1c1nc3ccc(-c4cnc(C5(N)CCC5)nc4)cc3n12. The van der Waals surface area contributed by atoms with E-state index in [1.54, 1.807) is 4.90 Å². The Bertz CT molecular complexity index is 1620. The van der Waals surface area contributed by atoms with Gasteiger partial charge < -0.3 is 15.2 Å². The molecule has 8 heteroatoms. The molecule has 2 aromatic carbocycles. The van der Waals surface area contributed by atoms with Crippen LogP contribution in [0.1, 0.15) is 83.7 Å². The molecule has 186 valence electrons. The van der Waals surface area contributed by atoms with Gasteiger partial charge in [-0.3, -0.25) is 4.79 Å². The molecule has 2 aliphatic carbocycles. The first kappa shape index (κ1) is 21.4. The molecular formula is C29H27FN6O. The predicted octanol–water partition coefficient (Wildman–Crippen LogP) is 4.91. The van der Waals surface area contributed by atoms with Crippen molar-refractivity contribution in [3.05, 3.63) is 77.1 Å². The van der Waals surface area contributed by atoms with E-state index in [4.69, 9.17) is 10.7 Å². The van der Waals surface area contributed by atoms with E-state index in [2.05, 4.69) is 20.6 Å². The van der Waals surface area contributed by atoms with Crippen molar-refractivity contribution in [2.75, 3.05) is 7.05 Å². The van der Waals surface area contributed by atoms with E-state index in [0.29, 0.717) is 36.2 Å². The number of nitrogens with zero attached hydrogens (tertiary/aromatic N) is 5. The molecular weight excluding hydrogens is 467 g/mol. The lowest BCUT2D eigenvalue weighted by atomic mass is 9.77. The van der Waals surface area contributed by atoms with E-state index < -0.39 is 11.2 Å². The molecule has 2 saturated carbocycles. The topological polar surface area (TPSA) is 89.9 Å². The van der Waals surface area contributed by atoms with Crippen molar-refractivity contribution in [2.24, 2.45) is 5.73 Å². The van der Waals surface area contributed by atoms with Crippen LogP contribution in [-0.2, 0) is 11.2 Å². The quantitative estimate of drug-likeness (QED) is 0.437. The van der Waals surface area contributed by atoms with Crippen LogP contribution in [0.25, 0.3) is 22.2 Å². The largest absolute Gasteiger partial charge is 0.331 e. The third-order valence-electron chi connectivity index (χ3n) is 9.08. The maximum absolute atomic E-state index is 15.6. The van der Waals surface area contributed by atoms with Gasteiger partial charge in [-0.2, -0.15) is 0 Å². The summed E-state index contributed by atoms with van der Waals surface area (Å²) in [4.78, 5) is 29.4. The highest BCUT2D eigenvalue weighted by molar-refractivity contribution is 5.97. The minimum absolute atomic E-state index is 0.0611. The Labute approximate surface area is 213 Å². The number of halogens is 1. The van der Waals surface area contributed by atoms with Crippen molar-refractivity contribution in [1.82, 2.24) is 24.4 Å². The highest BCUT2D eigenvalue weighted by atomic mass is 19.1. The van der Waals surface area contributed by atoms with E-state index in [1.165, 1.54) is 0 Å². The number of carbonyl (C=O) groups excluding carboxylic acids is 1. The maximum Gasteiger partial charge on any atom is 0.254 e.